The number of carbonyl (C=O) groups excluding carboxylic acids is 3. The Morgan fingerprint density at radius 1 is 1.12 bits per heavy atom. The molecule has 0 aliphatic heterocycles. The highest BCUT2D eigenvalue weighted by atomic mass is 35.5. The lowest BCUT2D eigenvalue weighted by atomic mass is 10.1. The molecule has 9 nitrogen and oxygen atoms in total. The van der Waals surface area contributed by atoms with E-state index in [1.807, 2.05) is 5.32 Å². The van der Waals surface area contributed by atoms with E-state index in [0.717, 1.165) is 18.2 Å². The van der Waals surface area contributed by atoms with E-state index in [0.29, 0.717) is 5.56 Å². The van der Waals surface area contributed by atoms with Crippen LogP contribution in [0.2, 0.25) is 5.02 Å². The molecule has 0 saturated heterocycles. The van der Waals surface area contributed by atoms with E-state index in [9.17, 15) is 27.2 Å². The van der Waals surface area contributed by atoms with Gasteiger partial charge in [0.15, 0.2) is 6.10 Å². The number of ether oxygens (including phenoxy) is 1. The van der Waals surface area contributed by atoms with Crippen LogP contribution in [-0.2, 0) is 26.1 Å². The van der Waals surface area contributed by atoms with E-state index < -0.39 is 45.8 Å². The number of hydrogen-bond donors (Lipinski definition) is 3. The van der Waals surface area contributed by atoms with Gasteiger partial charge in [-0.05, 0) is 41.8 Å². The fourth-order valence-electron chi connectivity index (χ4n) is 2.53. The topological polar surface area (TPSA) is 145 Å². The second kappa shape index (κ2) is 10.5. The highest BCUT2D eigenvalue weighted by Gasteiger charge is 2.28. The van der Waals surface area contributed by atoms with Gasteiger partial charge in [-0.15, -0.1) is 0 Å². The van der Waals surface area contributed by atoms with Crippen molar-refractivity contribution in [3.63, 3.8) is 0 Å². The Morgan fingerprint density at radius 3 is 2.28 bits per heavy atom. The maximum atomic E-state index is 13.2. The van der Waals surface area contributed by atoms with Gasteiger partial charge in [0, 0.05) is 6.54 Å². The molecule has 0 aromatic heterocycles. The zero-order chi connectivity index (χ0) is 24.1. The van der Waals surface area contributed by atoms with Crippen LogP contribution in [0.15, 0.2) is 47.4 Å². The third kappa shape index (κ3) is 6.74. The zero-order valence-corrected chi connectivity index (χ0v) is 18.7. The van der Waals surface area contributed by atoms with Crippen LogP contribution in [0.3, 0.4) is 0 Å². The van der Waals surface area contributed by atoms with Gasteiger partial charge in [0.25, 0.3) is 5.91 Å². The van der Waals surface area contributed by atoms with Crippen molar-refractivity contribution < 1.29 is 31.9 Å². The molecule has 0 saturated carbocycles. The summed E-state index contributed by atoms with van der Waals surface area (Å²) in [5.41, 5.74) is 5.55. The van der Waals surface area contributed by atoms with E-state index in [1.54, 1.807) is 13.8 Å². The van der Waals surface area contributed by atoms with E-state index in [-0.39, 0.29) is 22.0 Å². The molecule has 0 aliphatic rings. The van der Waals surface area contributed by atoms with Crippen LogP contribution < -0.4 is 15.8 Å². The average Bonchev–Trinajstić information content (AvgIpc) is 2.71. The number of amides is 3. The van der Waals surface area contributed by atoms with Gasteiger partial charge in [-0.3, -0.25) is 10.1 Å². The van der Waals surface area contributed by atoms with Crippen LogP contribution in [0.5, 0.6) is 0 Å². The minimum absolute atomic E-state index is 0.109. The van der Waals surface area contributed by atoms with E-state index >= 15 is 0 Å². The minimum Gasteiger partial charge on any atom is -0.448 e. The number of urea groups is 1. The number of imide groups is 1. The van der Waals surface area contributed by atoms with Crippen LogP contribution >= 0.6 is 11.6 Å². The summed E-state index contributed by atoms with van der Waals surface area (Å²) in [4.78, 5) is 35.0. The van der Waals surface area contributed by atoms with Gasteiger partial charge in [0.05, 0.1) is 15.5 Å². The standard InChI is InChI=1S/C20H21ClFN3O6S/c1-11(2)17(18(26)25-20(23)28)31-19(27)13-5-3-12(4-6-13)10-24-32(29,30)14-7-8-16(22)15(21)9-14/h3-9,11,17,24H,10H2,1-2H3,(H3,23,25,26,28)/t17-/m1/s1. The molecule has 2 aromatic carbocycles. The molecule has 2 aromatic rings. The first kappa shape index (κ1) is 25.2. The first-order valence-electron chi connectivity index (χ1n) is 9.25. The van der Waals surface area contributed by atoms with Crippen LogP contribution in [0.25, 0.3) is 0 Å². The van der Waals surface area contributed by atoms with Gasteiger partial charge in [-0.1, -0.05) is 37.6 Å². The van der Waals surface area contributed by atoms with Gasteiger partial charge in [-0.25, -0.2) is 27.1 Å². The maximum Gasteiger partial charge on any atom is 0.338 e. The van der Waals surface area contributed by atoms with Crippen LogP contribution in [0.1, 0.15) is 29.8 Å². The minimum atomic E-state index is -3.94. The number of rotatable bonds is 8. The van der Waals surface area contributed by atoms with Crippen molar-refractivity contribution in [3.8, 4) is 0 Å². The Hall–Kier alpha value is -3.02. The summed E-state index contributed by atoms with van der Waals surface area (Å²) in [7, 11) is -3.94. The Balaban J connectivity index is 2.04. The molecule has 1 atom stereocenters. The van der Waals surface area contributed by atoms with Crippen molar-refractivity contribution >= 4 is 39.5 Å². The predicted octanol–water partition coefficient (Wildman–Crippen LogP) is 2.33. The zero-order valence-electron chi connectivity index (χ0n) is 17.1. The highest BCUT2D eigenvalue weighted by molar-refractivity contribution is 7.89. The summed E-state index contributed by atoms with van der Waals surface area (Å²) >= 11 is 5.62. The molecular formula is C20H21ClFN3O6S. The third-order valence-corrected chi connectivity index (χ3v) is 5.89. The van der Waals surface area contributed by atoms with Crippen molar-refractivity contribution in [1.29, 1.82) is 0 Å². The molecular weight excluding hydrogens is 465 g/mol. The second-order valence-electron chi connectivity index (χ2n) is 7.02. The summed E-state index contributed by atoms with van der Waals surface area (Å²) in [5, 5.41) is 1.55. The number of nitrogens with one attached hydrogen (secondary N) is 2. The number of halogens is 2. The molecule has 0 aliphatic carbocycles. The SMILES string of the molecule is CC(C)[C@@H](OC(=O)c1ccc(CNS(=O)(=O)c2ccc(F)c(Cl)c2)cc1)C(=O)NC(N)=O. The number of esters is 1. The predicted molar refractivity (Wildman–Crippen MR) is 114 cm³/mol. The van der Waals surface area contributed by atoms with Crippen LogP contribution in [-0.4, -0.2) is 32.4 Å². The van der Waals surface area contributed by atoms with E-state index in [2.05, 4.69) is 4.72 Å². The largest absolute Gasteiger partial charge is 0.448 e. The molecule has 4 N–H and O–H groups in total. The Bertz CT molecular complexity index is 1120. The number of carbonyl (C=O) groups is 3. The van der Waals surface area contributed by atoms with Gasteiger partial charge < -0.3 is 10.5 Å². The average molecular weight is 486 g/mol. The normalized spacial score (nSPS) is 12.3. The molecule has 0 spiro atoms. The molecule has 0 bridgehead atoms. The van der Waals surface area contributed by atoms with Crippen molar-refractivity contribution in [2.45, 2.75) is 31.4 Å². The van der Waals surface area contributed by atoms with Crippen LogP contribution in [0.4, 0.5) is 9.18 Å². The molecule has 0 unspecified atom stereocenters. The Kier molecular flexibility index (Phi) is 8.31. The van der Waals surface area contributed by atoms with Gasteiger partial charge in [-0.2, -0.15) is 0 Å². The number of hydrogen-bond acceptors (Lipinski definition) is 6. The van der Waals surface area contributed by atoms with E-state index in [4.69, 9.17) is 22.1 Å². The second-order valence-corrected chi connectivity index (χ2v) is 9.19. The van der Waals surface area contributed by atoms with Crippen molar-refractivity contribution in [1.82, 2.24) is 10.0 Å². The third-order valence-electron chi connectivity index (χ3n) is 4.20. The molecule has 0 fully saturated rings. The molecule has 172 valence electrons. The first-order valence-corrected chi connectivity index (χ1v) is 11.1. The number of sulfonamides is 1. The van der Waals surface area contributed by atoms with Crippen LogP contribution in [0, 0.1) is 11.7 Å². The Labute approximate surface area is 189 Å². The fourth-order valence-corrected chi connectivity index (χ4v) is 3.82. The quantitative estimate of drug-likeness (QED) is 0.489. The van der Waals surface area contributed by atoms with Gasteiger partial charge >= 0.3 is 12.0 Å². The van der Waals surface area contributed by atoms with Crippen molar-refractivity contribution in [2.75, 3.05) is 0 Å². The fraction of sp³-hybridized carbons (Fsp3) is 0.250. The molecule has 12 heteroatoms. The summed E-state index contributed by atoms with van der Waals surface area (Å²) in [5.74, 6) is -2.81. The summed E-state index contributed by atoms with van der Waals surface area (Å²) in [6, 6.07) is 7.74. The smallest absolute Gasteiger partial charge is 0.338 e. The molecule has 0 radical (unpaired) electrons. The number of primary amides is 1. The maximum absolute atomic E-state index is 13.2. The molecule has 2 rings (SSSR count). The number of benzene rings is 2. The van der Waals surface area contributed by atoms with Crippen molar-refractivity contribution in [2.24, 2.45) is 11.7 Å². The summed E-state index contributed by atoms with van der Waals surface area (Å²) in [6.07, 6.45) is -1.23. The molecule has 32 heavy (non-hydrogen) atoms. The monoisotopic (exact) mass is 485 g/mol. The number of nitrogens with two attached hydrogens (primary N) is 1. The lowest BCUT2D eigenvalue weighted by molar-refractivity contribution is -0.130. The molecule has 0 heterocycles. The first-order chi connectivity index (χ1) is 14.9. The van der Waals surface area contributed by atoms with E-state index in [1.165, 1.54) is 24.3 Å². The van der Waals surface area contributed by atoms with Gasteiger partial charge in [0.1, 0.15) is 5.82 Å². The summed E-state index contributed by atoms with van der Waals surface area (Å²) < 4.78 is 45.4. The van der Waals surface area contributed by atoms with Gasteiger partial charge in [0.2, 0.25) is 10.0 Å². The Morgan fingerprint density at radius 2 is 1.75 bits per heavy atom. The van der Waals surface area contributed by atoms with Crippen molar-refractivity contribution in [3.05, 3.63) is 64.4 Å². The molecule has 3 amide bonds. The lowest BCUT2D eigenvalue weighted by Gasteiger charge is -2.19. The summed E-state index contributed by atoms with van der Waals surface area (Å²) in [6.45, 7) is 3.15. The highest BCUT2D eigenvalue weighted by Crippen LogP contribution is 2.19. The lowest BCUT2D eigenvalue weighted by Crippen LogP contribution is -2.45.